The summed E-state index contributed by atoms with van der Waals surface area (Å²) >= 11 is 0. The number of carbonyl (C=O) groups excluding carboxylic acids is 1. The molecule has 32 heavy (non-hydrogen) atoms. The van der Waals surface area contributed by atoms with Crippen molar-refractivity contribution in [2.75, 3.05) is 21.1 Å². The third-order valence-electron chi connectivity index (χ3n) is 6.42. The third kappa shape index (κ3) is 3.93. The summed E-state index contributed by atoms with van der Waals surface area (Å²) in [5.41, 5.74) is 4.09. The molecule has 0 bridgehead atoms. The quantitative estimate of drug-likeness (QED) is 0.548. The summed E-state index contributed by atoms with van der Waals surface area (Å²) in [5.74, 6) is 0.896. The number of rotatable bonds is 7. The van der Waals surface area contributed by atoms with Crippen LogP contribution in [0.25, 0.3) is 11.0 Å². The van der Waals surface area contributed by atoms with E-state index in [1.807, 2.05) is 31.0 Å². The number of hydrogen-bond donors (Lipinski definition) is 0. The van der Waals surface area contributed by atoms with Crippen molar-refractivity contribution in [3.63, 3.8) is 0 Å². The molecule has 1 aliphatic carbocycles. The van der Waals surface area contributed by atoms with Gasteiger partial charge >= 0.3 is 0 Å². The maximum Gasteiger partial charge on any atom is 0.242 e. The Bertz CT molecular complexity index is 1260. The summed E-state index contributed by atoms with van der Waals surface area (Å²) in [6.07, 6.45) is 2.83. The molecule has 2 aromatic carbocycles. The molecule has 7 nitrogen and oxygen atoms in total. The van der Waals surface area contributed by atoms with Crippen LogP contribution in [0.2, 0.25) is 0 Å². The Kier molecular flexibility index (Phi) is 6.09. The number of benzene rings is 2. The predicted octanol–water partition coefficient (Wildman–Crippen LogP) is 3.39. The van der Waals surface area contributed by atoms with Gasteiger partial charge in [-0.05, 0) is 49.1 Å². The van der Waals surface area contributed by atoms with Crippen molar-refractivity contribution >= 4 is 27.0 Å². The summed E-state index contributed by atoms with van der Waals surface area (Å²) in [4.78, 5) is 19.8. The highest BCUT2D eigenvalue weighted by Gasteiger charge is 2.28. The molecule has 0 spiro atoms. The lowest BCUT2D eigenvalue weighted by atomic mass is 10.1. The van der Waals surface area contributed by atoms with Crippen LogP contribution in [0, 0.1) is 0 Å². The second-order valence-electron chi connectivity index (χ2n) is 8.47. The van der Waals surface area contributed by atoms with Crippen molar-refractivity contribution in [2.45, 2.75) is 50.1 Å². The lowest BCUT2D eigenvalue weighted by Crippen LogP contribution is -2.30. The molecule has 1 amide bonds. The Balaban J connectivity index is 1.53. The molecular weight excluding hydrogens is 424 g/mol. The summed E-state index contributed by atoms with van der Waals surface area (Å²) in [5, 5.41) is 0. The van der Waals surface area contributed by atoms with Crippen LogP contribution in [-0.2, 0) is 34.2 Å². The molecule has 1 aliphatic rings. The average Bonchev–Trinajstić information content (AvgIpc) is 3.37. The highest BCUT2D eigenvalue weighted by Crippen LogP contribution is 2.35. The van der Waals surface area contributed by atoms with E-state index in [0.29, 0.717) is 24.9 Å². The number of aryl methyl sites for hydroxylation is 3. The van der Waals surface area contributed by atoms with E-state index < -0.39 is 10.0 Å². The molecule has 0 fully saturated rings. The zero-order chi connectivity index (χ0) is 23.0. The minimum absolute atomic E-state index is 0.0947. The van der Waals surface area contributed by atoms with Gasteiger partial charge in [0.2, 0.25) is 15.9 Å². The molecule has 3 aromatic rings. The molecule has 0 saturated carbocycles. The lowest BCUT2D eigenvalue weighted by molar-refractivity contribution is -0.132. The lowest BCUT2D eigenvalue weighted by Gasteiger charge is -2.25. The number of aromatic nitrogens is 2. The van der Waals surface area contributed by atoms with Gasteiger partial charge in [-0.3, -0.25) is 4.79 Å². The highest BCUT2D eigenvalue weighted by molar-refractivity contribution is 7.89. The van der Waals surface area contributed by atoms with E-state index in [-0.39, 0.29) is 16.8 Å². The second-order valence-corrected chi connectivity index (χ2v) is 10.6. The maximum atomic E-state index is 13.0. The fourth-order valence-electron chi connectivity index (χ4n) is 4.58. The molecule has 170 valence electrons. The monoisotopic (exact) mass is 454 g/mol. The molecule has 0 radical (unpaired) electrons. The van der Waals surface area contributed by atoms with E-state index in [0.717, 1.165) is 24.2 Å². The first-order valence-electron chi connectivity index (χ1n) is 11.0. The molecule has 1 atom stereocenters. The van der Waals surface area contributed by atoms with E-state index in [2.05, 4.69) is 16.7 Å². The molecule has 1 heterocycles. The molecule has 8 heteroatoms. The smallest absolute Gasteiger partial charge is 0.242 e. The van der Waals surface area contributed by atoms with Crippen LogP contribution in [0.15, 0.2) is 47.4 Å². The topological polar surface area (TPSA) is 75.5 Å². The normalized spacial score (nSPS) is 16.0. The Hall–Kier alpha value is -2.71. The van der Waals surface area contributed by atoms with Gasteiger partial charge in [-0.2, -0.15) is 0 Å². The molecule has 0 N–H and O–H groups in total. The number of amides is 1. The van der Waals surface area contributed by atoms with Crippen LogP contribution in [0.3, 0.4) is 0 Å². The van der Waals surface area contributed by atoms with Gasteiger partial charge in [0.05, 0.1) is 22.0 Å². The first-order valence-corrected chi connectivity index (χ1v) is 12.4. The minimum Gasteiger partial charge on any atom is -0.339 e. The van der Waals surface area contributed by atoms with Crippen LogP contribution >= 0.6 is 0 Å². The van der Waals surface area contributed by atoms with Crippen molar-refractivity contribution in [1.82, 2.24) is 18.8 Å². The zero-order valence-electron chi connectivity index (χ0n) is 19.1. The highest BCUT2D eigenvalue weighted by atomic mass is 32.2. The van der Waals surface area contributed by atoms with Crippen molar-refractivity contribution in [3.05, 3.63) is 59.4 Å². The minimum atomic E-state index is -3.53. The van der Waals surface area contributed by atoms with Gasteiger partial charge in [0.25, 0.3) is 0 Å². The summed E-state index contributed by atoms with van der Waals surface area (Å²) in [6.45, 7) is 2.73. The molecule has 1 aromatic heterocycles. The zero-order valence-corrected chi connectivity index (χ0v) is 19.9. The van der Waals surface area contributed by atoms with Crippen molar-refractivity contribution < 1.29 is 13.2 Å². The molecule has 4 rings (SSSR count). The first-order chi connectivity index (χ1) is 15.2. The fraction of sp³-hybridized carbons (Fsp3) is 0.417. The molecular formula is C24H30N4O3S. The first kappa shape index (κ1) is 22.5. The Morgan fingerprint density at radius 2 is 1.91 bits per heavy atom. The molecule has 1 unspecified atom stereocenters. The van der Waals surface area contributed by atoms with Gasteiger partial charge in [-0.15, -0.1) is 0 Å². The fourth-order valence-corrected chi connectivity index (χ4v) is 5.50. The van der Waals surface area contributed by atoms with E-state index in [4.69, 9.17) is 4.98 Å². The molecule has 0 saturated heterocycles. The molecule has 0 aliphatic heterocycles. The number of carbonyl (C=O) groups is 1. The predicted molar refractivity (Wildman–Crippen MR) is 125 cm³/mol. The maximum absolute atomic E-state index is 13.0. The van der Waals surface area contributed by atoms with Crippen LogP contribution in [0.1, 0.15) is 42.8 Å². The van der Waals surface area contributed by atoms with Crippen LogP contribution in [0.5, 0.6) is 0 Å². The summed E-state index contributed by atoms with van der Waals surface area (Å²) < 4.78 is 28.2. The number of fused-ring (bicyclic) bond motifs is 2. The van der Waals surface area contributed by atoms with Gasteiger partial charge < -0.3 is 9.47 Å². The number of sulfonamides is 1. The van der Waals surface area contributed by atoms with Gasteiger partial charge in [0.15, 0.2) is 0 Å². The van der Waals surface area contributed by atoms with Crippen molar-refractivity contribution in [2.24, 2.45) is 0 Å². The Labute approximate surface area is 189 Å². The van der Waals surface area contributed by atoms with Crippen molar-refractivity contribution in [3.8, 4) is 0 Å². The summed E-state index contributed by atoms with van der Waals surface area (Å²) in [7, 11) is 1.39. The van der Waals surface area contributed by atoms with Crippen LogP contribution in [0.4, 0.5) is 0 Å². The van der Waals surface area contributed by atoms with Gasteiger partial charge in [-0.25, -0.2) is 17.7 Å². The van der Waals surface area contributed by atoms with E-state index in [1.54, 1.807) is 18.2 Å². The number of imidazole rings is 1. The average molecular weight is 455 g/mol. The Morgan fingerprint density at radius 3 is 2.62 bits per heavy atom. The van der Waals surface area contributed by atoms with Crippen LogP contribution in [-0.4, -0.2) is 54.2 Å². The van der Waals surface area contributed by atoms with E-state index >= 15 is 0 Å². The van der Waals surface area contributed by atoms with Crippen LogP contribution < -0.4 is 0 Å². The number of nitrogens with zero attached hydrogens (tertiary/aromatic N) is 4. The largest absolute Gasteiger partial charge is 0.339 e. The van der Waals surface area contributed by atoms with Gasteiger partial charge in [0, 0.05) is 40.5 Å². The third-order valence-corrected chi connectivity index (χ3v) is 8.23. The van der Waals surface area contributed by atoms with Gasteiger partial charge in [0.1, 0.15) is 5.82 Å². The SMILES string of the molecule is CCn1c(CCC(=O)N(C)C2CCc3ccccc32)nc2cc(S(=O)(=O)N(C)C)ccc21. The summed E-state index contributed by atoms with van der Waals surface area (Å²) in [6, 6.07) is 13.5. The number of hydrogen-bond acceptors (Lipinski definition) is 4. The van der Waals surface area contributed by atoms with Gasteiger partial charge in [-0.1, -0.05) is 24.3 Å². The Morgan fingerprint density at radius 1 is 1.16 bits per heavy atom. The standard InChI is InChI=1S/C24H30N4O3S/c1-5-28-22-13-11-18(32(30,31)26(2)3)16-20(22)25-23(28)14-15-24(29)27(4)21-12-10-17-8-6-7-9-19(17)21/h6-9,11,13,16,21H,5,10,12,14-15H2,1-4H3. The van der Waals surface area contributed by atoms with E-state index in [1.165, 1.54) is 29.5 Å². The van der Waals surface area contributed by atoms with Crippen molar-refractivity contribution in [1.29, 1.82) is 0 Å². The second kappa shape index (κ2) is 8.67. The van der Waals surface area contributed by atoms with E-state index in [9.17, 15) is 13.2 Å².